The highest BCUT2D eigenvalue weighted by atomic mass is 35.5. The average molecular weight is 543 g/mol. The van der Waals surface area contributed by atoms with Gasteiger partial charge in [-0.25, -0.2) is 13.2 Å². The fraction of sp³-hybridized carbons (Fsp3) is 0.480. The minimum absolute atomic E-state index is 0.0395. The molecule has 36 heavy (non-hydrogen) atoms. The minimum Gasteiger partial charge on any atom is -0.471 e. The standard InChI is InChI=1S/C25H27Cl2F3N4O2/c1-13-5-7-14(8-6-13)3-2-4-20(35)16-11-19-23(33-24(16)36-12-21(29)30)34-25(31-19)32-22-17(26)9-15(28)10-18(22)27/h9-11,13-14,21H,2-8,12H2,1H3,(H2,31,32,33,34). The Labute approximate surface area is 216 Å². The molecule has 0 spiro atoms. The summed E-state index contributed by atoms with van der Waals surface area (Å²) in [7, 11) is 0. The van der Waals surface area contributed by atoms with Crippen molar-refractivity contribution in [3.63, 3.8) is 0 Å². The van der Waals surface area contributed by atoms with E-state index in [-0.39, 0.29) is 51.0 Å². The molecule has 2 aromatic heterocycles. The molecule has 0 atom stereocenters. The van der Waals surface area contributed by atoms with Gasteiger partial charge in [0.05, 0.1) is 26.8 Å². The molecular formula is C25H27Cl2F3N4O2. The molecule has 1 saturated carbocycles. The van der Waals surface area contributed by atoms with Gasteiger partial charge in [0.25, 0.3) is 6.43 Å². The van der Waals surface area contributed by atoms with Gasteiger partial charge in [-0.15, -0.1) is 0 Å². The van der Waals surface area contributed by atoms with Gasteiger partial charge in [0, 0.05) is 6.42 Å². The number of anilines is 2. The summed E-state index contributed by atoms with van der Waals surface area (Å²) in [5, 5.41) is 2.95. The van der Waals surface area contributed by atoms with Crippen molar-refractivity contribution in [3.05, 3.63) is 39.6 Å². The molecule has 2 heterocycles. The second kappa shape index (κ2) is 11.7. The van der Waals surface area contributed by atoms with Crippen molar-refractivity contribution >= 4 is 51.8 Å². The molecule has 1 fully saturated rings. The van der Waals surface area contributed by atoms with Crippen LogP contribution in [0.1, 0.15) is 62.2 Å². The normalized spacial score (nSPS) is 18.1. The molecule has 0 aliphatic heterocycles. The number of fused-ring (bicyclic) bond motifs is 1. The minimum atomic E-state index is -2.72. The molecule has 1 aliphatic carbocycles. The number of Topliss-reactive ketones (excluding diaryl/α,β-unsaturated/α-hetero) is 1. The Kier molecular flexibility index (Phi) is 8.62. The highest BCUT2D eigenvalue weighted by molar-refractivity contribution is 6.39. The van der Waals surface area contributed by atoms with Gasteiger partial charge in [-0.3, -0.25) is 4.79 Å². The topological polar surface area (TPSA) is 79.9 Å². The number of aromatic amines is 1. The zero-order valence-corrected chi connectivity index (χ0v) is 21.2. The number of carbonyl (C=O) groups excluding carboxylic acids is 1. The fourth-order valence-corrected chi connectivity index (χ4v) is 5.08. The van der Waals surface area contributed by atoms with Crippen LogP contribution < -0.4 is 10.1 Å². The van der Waals surface area contributed by atoms with Crippen LogP contribution in [0.5, 0.6) is 5.88 Å². The lowest BCUT2D eigenvalue weighted by Gasteiger charge is -2.25. The van der Waals surface area contributed by atoms with Crippen LogP contribution in [0, 0.1) is 17.7 Å². The summed E-state index contributed by atoms with van der Waals surface area (Å²) in [6.07, 6.45) is 4.00. The number of nitrogens with zero attached hydrogens (tertiary/aromatic N) is 2. The Bertz CT molecular complexity index is 1210. The number of benzene rings is 1. The van der Waals surface area contributed by atoms with E-state index in [1.165, 1.54) is 31.7 Å². The third-order valence-corrected chi connectivity index (χ3v) is 7.08. The number of aromatic nitrogens is 3. The maximum absolute atomic E-state index is 13.5. The molecular weight excluding hydrogens is 516 g/mol. The first kappa shape index (κ1) is 26.5. The van der Waals surface area contributed by atoms with Crippen molar-refractivity contribution in [1.82, 2.24) is 15.0 Å². The molecule has 0 unspecified atom stereocenters. The third kappa shape index (κ3) is 6.62. The molecule has 11 heteroatoms. The number of H-pyrrole nitrogens is 1. The van der Waals surface area contributed by atoms with E-state index in [0.717, 1.165) is 24.5 Å². The zero-order valence-electron chi connectivity index (χ0n) is 19.7. The van der Waals surface area contributed by atoms with Crippen LogP contribution in [0.4, 0.5) is 24.8 Å². The Morgan fingerprint density at radius 1 is 1.17 bits per heavy atom. The van der Waals surface area contributed by atoms with Crippen molar-refractivity contribution in [3.8, 4) is 5.88 Å². The van der Waals surface area contributed by atoms with Crippen LogP contribution in [-0.4, -0.2) is 33.8 Å². The van der Waals surface area contributed by atoms with Crippen LogP contribution in [0.3, 0.4) is 0 Å². The first-order valence-corrected chi connectivity index (χ1v) is 12.7. The predicted octanol–water partition coefficient (Wildman–Crippen LogP) is 7.97. The second-order valence-corrected chi connectivity index (χ2v) is 10.1. The van der Waals surface area contributed by atoms with Gasteiger partial charge in [-0.1, -0.05) is 62.2 Å². The van der Waals surface area contributed by atoms with E-state index in [1.807, 2.05) is 0 Å². The number of nitrogens with one attached hydrogen (secondary N) is 2. The number of alkyl halides is 2. The maximum atomic E-state index is 13.5. The Morgan fingerprint density at radius 2 is 1.86 bits per heavy atom. The predicted molar refractivity (Wildman–Crippen MR) is 134 cm³/mol. The molecule has 1 aromatic carbocycles. The largest absolute Gasteiger partial charge is 0.471 e. The molecule has 0 amide bonds. The lowest BCUT2D eigenvalue weighted by molar-refractivity contribution is 0.0777. The highest BCUT2D eigenvalue weighted by Gasteiger charge is 2.22. The van der Waals surface area contributed by atoms with Crippen LogP contribution in [-0.2, 0) is 0 Å². The number of ether oxygens (including phenoxy) is 1. The number of pyridine rings is 1. The summed E-state index contributed by atoms with van der Waals surface area (Å²) in [6, 6.07) is 3.69. The maximum Gasteiger partial charge on any atom is 0.272 e. The van der Waals surface area contributed by atoms with E-state index in [1.54, 1.807) is 0 Å². The monoisotopic (exact) mass is 542 g/mol. The van der Waals surface area contributed by atoms with Crippen molar-refractivity contribution in [2.24, 2.45) is 11.8 Å². The Hall–Kier alpha value is -2.52. The molecule has 0 radical (unpaired) electrons. The number of hydrogen-bond donors (Lipinski definition) is 2. The van der Waals surface area contributed by atoms with Crippen molar-refractivity contribution in [2.45, 2.75) is 58.3 Å². The average Bonchev–Trinajstić information content (AvgIpc) is 3.22. The molecule has 6 nitrogen and oxygen atoms in total. The highest BCUT2D eigenvalue weighted by Crippen LogP contribution is 2.35. The lowest BCUT2D eigenvalue weighted by Crippen LogP contribution is -2.14. The summed E-state index contributed by atoms with van der Waals surface area (Å²) >= 11 is 12.2. The summed E-state index contributed by atoms with van der Waals surface area (Å²) in [4.78, 5) is 24.5. The third-order valence-electron chi connectivity index (χ3n) is 6.49. The van der Waals surface area contributed by atoms with E-state index in [9.17, 15) is 18.0 Å². The van der Waals surface area contributed by atoms with E-state index in [0.29, 0.717) is 17.9 Å². The summed E-state index contributed by atoms with van der Waals surface area (Å²) < 4.78 is 44.3. The molecule has 1 aliphatic rings. The van der Waals surface area contributed by atoms with E-state index >= 15 is 0 Å². The van der Waals surface area contributed by atoms with Crippen molar-refractivity contribution < 1.29 is 22.7 Å². The van der Waals surface area contributed by atoms with Gasteiger partial charge in [0.2, 0.25) is 11.8 Å². The van der Waals surface area contributed by atoms with E-state index in [4.69, 9.17) is 27.9 Å². The summed E-state index contributed by atoms with van der Waals surface area (Å²) in [5.41, 5.74) is 0.875. The van der Waals surface area contributed by atoms with Crippen molar-refractivity contribution in [1.29, 1.82) is 0 Å². The van der Waals surface area contributed by atoms with E-state index in [2.05, 4.69) is 27.2 Å². The second-order valence-electron chi connectivity index (χ2n) is 9.31. The Balaban J connectivity index is 1.53. The van der Waals surface area contributed by atoms with Gasteiger partial charge < -0.3 is 15.0 Å². The summed E-state index contributed by atoms with van der Waals surface area (Å²) in [5.74, 6) is 0.545. The number of ketones is 1. The zero-order chi connectivity index (χ0) is 25.8. The molecule has 4 rings (SSSR count). The fourth-order valence-electron chi connectivity index (χ4n) is 4.52. The van der Waals surface area contributed by atoms with Gasteiger partial charge in [0.15, 0.2) is 18.0 Å². The van der Waals surface area contributed by atoms with E-state index < -0.39 is 18.8 Å². The van der Waals surface area contributed by atoms with Gasteiger partial charge in [0.1, 0.15) is 5.82 Å². The molecule has 0 saturated heterocycles. The number of halogens is 5. The first-order chi connectivity index (χ1) is 17.2. The smallest absolute Gasteiger partial charge is 0.272 e. The molecule has 2 N–H and O–H groups in total. The van der Waals surface area contributed by atoms with Gasteiger partial charge in [-0.2, -0.15) is 9.97 Å². The molecule has 3 aromatic rings. The van der Waals surface area contributed by atoms with Crippen molar-refractivity contribution in [2.75, 3.05) is 11.9 Å². The van der Waals surface area contributed by atoms with Gasteiger partial charge >= 0.3 is 0 Å². The van der Waals surface area contributed by atoms with Crippen LogP contribution >= 0.6 is 23.2 Å². The SMILES string of the molecule is CC1CCC(CCCC(=O)c2cc3[nH]c(Nc4c(Cl)cc(F)cc4Cl)nc3nc2OCC(F)F)CC1. The number of imidazole rings is 1. The Morgan fingerprint density at radius 3 is 2.53 bits per heavy atom. The molecule has 0 bridgehead atoms. The van der Waals surface area contributed by atoms with Gasteiger partial charge in [-0.05, 0) is 36.5 Å². The van der Waals surface area contributed by atoms with Crippen LogP contribution in [0.2, 0.25) is 10.0 Å². The number of hydrogen-bond acceptors (Lipinski definition) is 5. The first-order valence-electron chi connectivity index (χ1n) is 12.0. The quantitative estimate of drug-likeness (QED) is 0.254. The molecule has 194 valence electrons. The lowest BCUT2D eigenvalue weighted by atomic mass is 9.80. The number of rotatable bonds is 10. The summed E-state index contributed by atoms with van der Waals surface area (Å²) in [6.45, 7) is 1.37. The van der Waals surface area contributed by atoms with Crippen LogP contribution in [0.15, 0.2) is 18.2 Å². The van der Waals surface area contributed by atoms with Crippen LogP contribution in [0.25, 0.3) is 11.2 Å². The number of carbonyl (C=O) groups is 1.